The summed E-state index contributed by atoms with van der Waals surface area (Å²) in [6.07, 6.45) is 3.73. The van der Waals surface area contributed by atoms with Crippen molar-refractivity contribution < 1.29 is 9.90 Å². The molecule has 0 heterocycles. The van der Waals surface area contributed by atoms with Gasteiger partial charge in [0.15, 0.2) is 5.78 Å². The normalized spacial score (nSPS) is 13.7. The molecule has 1 N–H and O–H groups in total. The summed E-state index contributed by atoms with van der Waals surface area (Å²) in [7, 11) is 0. The van der Waals surface area contributed by atoms with E-state index in [9.17, 15) is 9.90 Å². The SMILES string of the molecule is CCCCN(CCCC)C[C@H](O)c1cc(Cl)cc2c1-c1ccc(Cl)cc1C2=O. The lowest BCUT2D eigenvalue weighted by molar-refractivity contribution is 0.104. The minimum absolute atomic E-state index is 0.0859. The standard InChI is InChI=1S/C23H27Cl2NO2/c1-3-5-9-26(10-6-4-2)14-21(27)19-12-16(25)13-20-22(19)17-8-7-15(24)11-18(17)23(20)28/h7-8,11-13,21,27H,3-6,9-10,14H2,1-2H3/t21-/m0/s1. The molecule has 5 heteroatoms. The van der Waals surface area contributed by atoms with E-state index in [-0.39, 0.29) is 5.78 Å². The molecule has 1 aliphatic rings. The molecular formula is C23H27Cl2NO2. The van der Waals surface area contributed by atoms with Crippen molar-refractivity contribution in [3.05, 3.63) is 57.1 Å². The molecule has 0 bridgehead atoms. The summed E-state index contributed by atoms with van der Waals surface area (Å²) in [5, 5.41) is 12.1. The number of halogens is 2. The van der Waals surface area contributed by atoms with Crippen molar-refractivity contribution in [2.45, 2.75) is 45.6 Å². The Morgan fingerprint density at radius 1 is 0.929 bits per heavy atom. The van der Waals surface area contributed by atoms with Gasteiger partial charge in [0.05, 0.1) is 6.10 Å². The van der Waals surface area contributed by atoms with Crippen molar-refractivity contribution in [2.75, 3.05) is 19.6 Å². The average molecular weight is 420 g/mol. The summed E-state index contributed by atoms with van der Waals surface area (Å²) in [6.45, 7) is 6.80. The molecule has 1 aliphatic carbocycles. The molecule has 0 unspecified atom stereocenters. The Labute approximate surface area is 177 Å². The van der Waals surface area contributed by atoms with E-state index in [4.69, 9.17) is 23.2 Å². The van der Waals surface area contributed by atoms with Gasteiger partial charge in [-0.05, 0) is 66.9 Å². The van der Waals surface area contributed by atoms with Crippen molar-refractivity contribution in [2.24, 2.45) is 0 Å². The van der Waals surface area contributed by atoms with Crippen LogP contribution in [-0.2, 0) is 0 Å². The number of aliphatic hydroxyl groups is 1. The molecule has 0 aromatic heterocycles. The maximum absolute atomic E-state index is 12.9. The molecule has 0 saturated heterocycles. The second-order valence-electron chi connectivity index (χ2n) is 7.46. The molecule has 0 radical (unpaired) electrons. The maximum atomic E-state index is 12.9. The minimum Gasteiger partial charge on any atom is -0.387 e. The van der Waals surface area contributed by atoms with Crippen LogP contribution in [0, 0.1) is 0 Å². The first kappa shape index (κ1) is 21.3. The number of nitrogens with zero attached hydrogens (tertiary/aromatic N) is 1. The highest BCUT2D eigenvalue weighted by molar-refractivity contribution is 6.34. The Bertz CT molecular complexity index is 858. The summed E-state index contributed by atoms with van der Waals surface area (Å²) >= 11 is 12.4. The highest BCUT2D eigenvalue weighted by atomic mass is 35.5. The van der Waals surface area contributed by atoms with E-state index < -0.39 is 6.10 Å². The van der Waals surface area contributed by atoms with E-state index >= 15 is 0 Å². The Balaban J connectivity index is 1.96. The van der Waals surface area contributed by atoms with Crippen molar-refractivity contribution in [1.29, 1.82) is 0 Å². The molecule has 28 heavy (non-hydrogen) atoms. The Hall–Kier alpha value is -1.39. The van der Waals surface area contributed by atoms with Gasteiger partial charge < -0.3 is 10.0 Å². The van der Waals surface area contributed by atoms with E-state index in [1.165, 1.54) is 0 Å². The molecule has 0 spiro atoms. The minimum atomic E-state index is -0.712. The highest BCUT2D eigenvalue weighted by Crippen LogP contribution is 2.43. The lowest BCUT2D eigenvalue weighted by Gasteiger charge is -2.26. The number of ketones is 1. The number of hydrogen-bond donors (Lipinski definition) is 1. The predicted octanol–water partition coefficient (Wildman–Crippen LogP) is 6.14. The van der Waals surface area contributed by atoms with E-state index in [1.54, 1.807) is 24.3 Å². The van der Waals surface area contributed by atoms with Crippen molar-refractivity contribution in [3.63, 3.8) is 0 Å². The fraction of sp³-hybridized carbons (Fsp3) is 0.435. The molecule has 0 saturated carbocycles. The molecule has 2 aromatic carbocycles. The third-order valence-corrected chi connectivity index (χ3v) is 5.77. The van der Waals surface area contributed by atoms with Gasteiger partial charge >= 0.3 is 0 Å². The van der Waals surface area contributed by atoms with Gasteiger partial charge in [-0.1, -0.05) is 56.0 Å². The van der Waals surface area contributed by atoms with Crippen LogP contribution in [0.15, 0.2) is 30.3 Å². The zero-order valence-corrected chi connectivity index (χ0v) is 18.0. The average Bonchev–Trinajstić information content (AvgIpc) is 2.95. The zero-order chi connectivity index (χ0) is 20.3. The molecule has 0 aliphatic heterocycles. The molecule has 3 rings (SSSR count). The third-order valence-electron chi connectivity index (χ3n) is 5.32. The molecule has 0 amide bonds. The molecule has 1 atom stereocenters. The second-order valence-corrected chi connectivity index (χ2v) is 8.33. The van der Waals surface area contributed by atoms with E-state index in [0.717, 1.165) is 55.5 Å². The number of hydrogen-bond acceptors (Lipinski definition) is 3. The largest absolute Gasteiger partial charge is 0.387 e. The predicted molar refractivity (Wildman–Crippen MR) is 117 cm³/mol. The number of fused-ring (bicyclic) bond motifs is 3. The first-order chi connectivity index (χ1) is 13.5. The number of aliphatic hydroxyl groups excluding tert-OH is 1. The van der Waals surface area contributed by atoms with Crippen LogP contribution in [-0.4, -0.2) is 35.4 Å². The fourth-order valence-electron chi connectivity index (χ4n) is 3.84. The lowest BCUT2D eigenvalue weighted by Crippen LogP contribution is -2.31. The number of carbonyl (C=O) groups is 1. The number of carbonyl (C=O) groups excluding carboxylic acids is 1. The van der Waals surface area contributed by atoms with Crippen LogP contribution in [0.25, 0.3) is 11.1 Å². The highest BCUT2D eigenvalue weighted by Gasteiger charge is 2.31. The molecule has 150 valence electrons. The van der Waals surface area contributed by atoms with Crippen LogP contribution in [0.5, 0.6) is 0 Å². The van der Waals surface area contributed by atoms with Crippen molar-refractivity contribution in [1.82, 2.24) is 4.90 Å². The summed E-state index contributed by atoms with van der Waals surface area (Å²) < 4.78 is 0. The first-order valence-corrected chi connectivity index (χ1v) is 10.8. The smallest absolute Gasteiger partial charge is 0.194 e. The van der Waals surface area contributed by atoms with Crippen LogP contribution in [0.3, 0.4) is 0 Å². The van der Waals surface area contributed by atoms with Gasteiger partial charge in [-0.3, -0.25) is 4.79 Å². The first-order valence-electron chi connectivity index (χ1n) is 10.0. The van der Waals surface area contributed by atoms with Crippen molar-refractivity contribution in [3.8, 4) is 11.1 Å². The second kappa shape index (κ2) is 9.41. The summed E-state index contributed by atoms with van der Waals surface area (Å²) in [6, 6.07) is 8.81. The Morgan fingerprint density at radius 2 is 1.57 bits per heavy atom. The van der Waals surface area contributed by atoms with Crippen LogP contribution in [0.1, 0.15) is 67.1 Å². The zero-order valence-electron chi connectivity index (χ0n) is 16.5. The molecule has 2 aromatic rings. The number of benzene rings is 2. The van der Waals surface area contributed by atoms with Gasteiger partial charge in [0.1, 0.15) is 0 Å². The Morgan fingerprint density at radius 3 is 2.21 bits per heavy atom. The van der Waals surface area contributed by atoms with Crippen molar-refractivity contribution >= 4 is 29.0 Å². The van der Waals surface area contributed by atoms with Crippen LogP contribution >= 0.6 is 23.2 Å². The molecular weight excluding hydrogens is 393 g/mol. The molecule has 3 nitrogen and oxygen atoms in total. The molecule has 0 fully saturated rings. The fourth-order valence-corrected chi connectivity index (χ4v) is 4.24. The number of unbranched alkanes of at least 4 members (excludes halogenated alkanes) is 2. The maximum Gasteiger partial charge on any atom is 0.194 e. The summed E-state index contributed by atoms with van der Waals surface area (Å²) in [5.74, 6) is -0.0859. The quantitative estimate of drug-likeness (QED) is 0.452. The lowest BCUT2D eigenvalue weighted by atomic mass is 9.95. The van der Waals surface area contributed by atoms with Crippen LogP contribution in [0.2, 0.25) is 10.0 Å². The van der Waals surface area contributed by atoms with E-state index in [1.807, 2.05) is 6.07 Å². The van der Waals surface area contributed by atoms with Gasteiger partial charge in [0.2, 0.25) is 0 Å². The van der Waals surface area contributed by atoms with E-state index in [2.05, 4.69) is 18.7 Å². The van der Waals surface area contributed by atoms with Gasteiger partial charge in [0, 0.05) is 27.7 Å². The van der Waals surface area contributed by atoms with Gasteiger partial charge in [-0.25, -0.2) is 0 Å². The third kappa shape index (κ3) is 4.44. The topological polar surface area (TPSA) is 40.5 Å². The van der Waals surface area contributed by atoms with Gasteiger partial charge in [-0.15, -0.1) is 0 Å². The Kier molecular flexibility index (Phi) is 7.16. The van der Waals surface area contributed by atoms with Crippen LogP contribution in [0.4, 0.5) is 0 Å². The van der Waals surface area contributed by atoms with Gasteiger partial charge in [-0.2, -0.15) is 0 Å². The van der Waals surface area contributed by atoms with Gasteiger partial charge in [0.25, 0.3) is 0 Å². The number of rotatable bonds is 9. The monoisotopic (exact) mass is 419 g/mol. The van der Waals surface area contributed by atoms with Crippen LogP contribution < -0.4 is 0 Å². The summed E-state index contributed by atoms with van der Waals surface area (Å²) in [4.78, 5) is 15.2. The summed E-state index contributed by atoms with van der Waals surface area (Å²) in [5.41, 5.74) is 3.46. The van der Waals surface area contributed by atoms with E-state index in [0.29, 0.717) is 27.7 Å².